The van der Waals surface area contributed by atoms with E-state index in [9.17, 15) is 9.59 Å². The van der Waals surface area contributed by atoms with Crippen LogP contribution in [0.4, 0.5) is 0 Å². The normalized spacial score (nSPS) is 11.3. The maximum absolute atomic E-state index is 13.9. The Hall–Kier alpha value is -3.12. The van der Waals surface area contributed by atoms with Gasteiger partial charge in [0, 0.05) is 5.56 Å². The third-order valence-electron chi connectivity index (χ3n) is 6.88. The molecule has 0 N–H and O–H groups in total. The lowest BCUT2D eigenvalue weighted by Gasteiger charge is -2.28. The Bertz CT molecular complexity index is 1540. The van der Waals surface area contributed by atoms with Crippen LogP contribution < -0.4 is 38.5 Å². The summed E-state index contributed by atoms with van der Waals surface area (Å²) in [7, 11) is -2.25. The van der Waals surface area contributed by atoms with Crippen LogP contribution in [0.2, 0.25) is 0 Å². The van der Waals surface area contributed by atoms with Gasteiger partial charge in [0.25, 0.3) is 5.56 Å². The second kappa shape index (κ2) is 12.4. The summed E-state index contributed by atoms with van der Waals surface area (Å²) in [5, 5.41) is 3.70. The number of nitrogens with zero attached hydrogens (tertiary/aromatic N) is 2. The first-order valence-electron chi connectivity index (χ1n) is 12.8. The number of esters is 1. The maximum Gasteiger partial charge on any atom is 0.350 e. The van der Waals surface area contributed by atoms with Gasteiger partial charge in [-0.05, 0) is 56.7 Å². The van der Waals surface area contributed by atoms with Crippen molar-refractivity contribution in [1.29, 1.82) is 0 Å². The molecule has 0 spiro atoms. The van der Waals surface area contributed by atoms with Gasteiger partial charge in [0.1, 0.15) is 34.2 Å². The monoisotopic (exact) mass is 620 g/mol. The number of aromatic nitrogens is 2. The highest BCUT2D eigenvalue weighted by molar-refractivity contribution is 7.95. The Morgan fingerprint density at radius 1 is 0.872 bits per heavy atom. The van der Waals surface area contributed by atoms with Gasteiger partial charge in [-0.3, -0.25) is 9.20 Å². The van der Waals surface area contributed by atoms with Crippen LogP contribution in [0.3, 0.4) is 0 Å². The van der Waals surface area contributed by atoms with E-state index in [1.165, 1.54) is 27.3 Å². The number of carbonyl (C=O) groups is 1. The Labute approximate surface area is 243 Å². The summed E-state index contributed by atoms with van der Waals surface area (Å²) in [5.74, 6) is -0.417. The molecule has 5 aromatic rings. The number of rotatable bonds is 8. The van der Waals surface area contributed by atoms with E-state index in [0.29, 0.717) is 33.7 Å². The Balaban J connectivity index is 0.00000353. The molecule has 5 nitrogen and oxygen atoms in total. The number of carbonyl (C=O) groups excluding carboxylic acids is 1. The standard InChI is InChI=1S/C31H30N2O3PS.BrH/c1-4-26-27(32-31-33(29(26)34)22(3)28(38-31)30(35)36-5-2)21-37(23-15-9-6-10-16-23,24-17-11-7-12-18-24)25-19-13-8-14-20-25;/h6-20H,4-5,21H2,1-3H3;1H/q+1;/p-1. The van der Waals surface area contributed by atoms with Crippen LogP contribution in [0.15, 0.2) is 95.8 Å². The van der Waals surface area contributed by atoms with Crippen LogP contribution in [-0.2, 0) is 17.3 Å². The molecule has 0 unspecified atom stereocenters. The van der Waals surface area contributed by atoms with Crippen molar-refractivity contribution >= 4 is 45.4 Å². The van der Waals surface area contributed by atoms with E-state index in [1.54, 1.807) is 18.2 Å². The molecule has 5 rings (SSSR count). The number of aryl methyl sites for hydroxylation is 1. The molecule has 3 aromatic carbocycles. The predicted molar refractivity (Wildman–Crippen MR) is 158 cm³/mol. The molecule has 0 aliphatic carbocycles. The first kappa shape index (κ1) is 28.9. The number of hydrogen-bond donors (Lipinski definition) is 0. The lowest BCUT2D eigenvalue weighted by atomic mass is 10.2. The second-order valence-corrected chi connectivity index (χ2v) is 13.5. The molecule has 0 fully saturated rings. The van der Waals surface area contributed by atoms with E-state index in [2.05, 4.69) is 72.8 Å². The highest BCUT2D eigenvalue weighted by Crippen LogP contribution is 2.58. The number of thiazole rings is 1. The summed E-state index contributed by atoms with van der Waals surface area (Å²) in [5.41, 5.74) is 1.95. The third kappa shape index (κ3) is 5.23. The fourth-order valence-corrected chi connectivity index (χ4v) is 10.3. The van der Waals surface area contributed by atoms with Gasteiger partial charge in [-0.15, -0.1) is 0 Å². The molecule has 2 heterocycles. The fourth-order valence-electron chi connectivity index (χ4n) is 5.07. The van der Waals surface area contributed by atoms with Crippen LogP contribution in [0.5, 0.6) is 0 Å². The molecule has 200 valence electrons. The fraction of sp³-hybridized carbons (Fsp3) is 0.194. The molecular formula is C31H30BrN2O3PS. The topological polar surface area (TPSA) is 60.7 Å². The van der Waals surface area contributed by atoms with Crippen molar-refractivity contribution in [3.63, 3.8) is 0 Å². The Kier molecular flexibility index (Phi) is 9.16. The maximum atomic E-state index is 13.9. The molecule has 0 aliphatic heterocycles. The van der Waals surface area contributed by atoms with Crippen LogP contribution >= 0.6 is 18.6 Å². The van der Waals surface area contributed by atoms with Gasteiger partial charge in [-0.1, -0.05) is 72.9 Å². The second-order valence-electron chi connectivity index (χ2n) is 9.03. The summed E-state index contributed by atoms with van der Waals surface area (Å²) in [6.45, 7) is 5.83. The number of hydrogen-bond acceptors (Lipinski definition) is 5. The van der Waals surface area contributed by atoms with E-state index >= 15 is 0 Å². The number of fused-ring (bicyclic) bond motifs is 1. The van der Waals surface area contributed by atoms with Crippen molar-refractivity contribution in [2.45, 2.75) is 33.4 Å². The highest BCUT2D eigenvalue weighted by Gasteiger charge is 2.46. The lowest BCUT2D eigenvalue weighted by Crippen LogP contribution is -3.00. The van der Waals surface area contributed by atoms with Crippen LogP contribution in [-0.4, -0.2) is 22.0 Å². The van der Waals surface area contributed by atoms with Gasteiger partial charge in [-0.2, -0.15) is 0 Å². The molecule has 0 saturated carbocycles. The third-order valence-corrected chi connectivity index (χ3v) is 12.3. The number of benzene rings is 3. The van der Waals surface area contributed by atoms with Crippen LogP contribution in [0.1, 0.15) is 40.5 Å². The van der Waals surface area contributed by atoms with E-state index in [4.69, 9.17) is 9.72 Å². The van der Waals surface area contributed by atoms with Crippen LogP contribution in [0.25, 0.3) is 4.96 Å². The molecule has 0 aliphatic rings. The van der Waals surface area contributed by atoms with E-state index < -0.39 is 13.2 Å². The molecule has 0 amide bonds. The van der Waals surface area contributed by atoms with Crippen molar-refractivity contribution < 1.29 is 26.5 Å². The molecule has 0 radical (unpaired) electrons. The molecule has 2 aromatic heterocycles. The molecule has 0 saturated heterocycles. The molecule has 39 heavy (non-hydrogen) atoms. The molecular weight excluding hydrogens is 591 g/mol. The SMILES string of the molecule is CCOC(=O)c1sc2nc(C[P+](c3ccccc3)(c3ccccc3)c3ccccc3)c(CC)c(=O)n2c1C.[Br-]. The number of halogens is 1. The number of ether oxygens (including phenoxy) is 1. The van der Waals surface area contributed by atoms with Gasteiger partial charge < -0.3 is 21.7 Å². The smallest absolute Gasteiger partial charge is 0.350 e. The quantitative estimate of drug-likeness (QED) is 0.197. The first-order chi connectivity index (χ1) is 18.5. The zero-order valence-corrected chi connectivity index (χ0v) is 25.4. The van der Waals surface area contributed by atoms with Crippen molar-refractivity contribution in [3.05, 3.63) is 123 Å². The highest BCUT2D eigenvalue weighted by atomic mass is 79.9. The minimum atomic E-state index is -2.25. The van der Waals surface area contributed by atoms with Gasteiger partial charge >= 0.3 is 5.97 Å². The predicted octanol–water partition coefficient (Wildman–Crippen LogP) is 2.30. The van der Waals surface area contributed by atoms with Gasteiger partial charge in [0.2, 0.25) is 0 Å². The lowest BCUT2D eigenvalue weighted by molar-refractivity contribution is -0.0000260. The van der Waals surface area contributed by atoms with Gasteiger partial charge in [0.15, 0.2) is 4.96 Å². The average Bonchev–Trinajstić information content (AvgIpc) is 3.29. The Morgan fingerprint density at radius 2 is 1.36 bits per heavy atom. The van der Waals surface area contributed by atoms with E-state index in [1.807, 2.05) is 25.1 Å². The summed E-state index contributed by atoms with van der Waals surface area (Å²) in [4.78, 5) is 32.5. The van der Waals surface area contributed by atoms with Crippen molar-refractivity contribution in [2.24, 2.45) is 0 Å². The van der Waals surface area contributed by atoms with Crippen molar-refractivity contribution in [2.75, 3.05) is 6.61 Å². The molecule has 0 bridgehead atoms. The summed E-state index contributed by atoms with van der Waals surface area (Å²) < 4.78 is 6.83. The minimum Gasteiger partial charge on any atom is -1.00 e. The van der Waals surface area contributed by atoms with E-state index in [-0.39, 0.29) is 29.1 Å². The van der Waals surface area contributed by atoms with E-state index in [0.717, 1.165) is 5.69 Å². The summed E-state index contributed by atoms with van der Waals surface area (Å²) in [6.07, 6.45) is 1.15. The summed E-state index contributed by atoms with van der Waals surface area (Å²) in [6, 6.07) is 31.7. The van der Waals surface area contributed by atoms with Gasteiger partial charge in [-0.25, -0.2) is 9.78 Å². The zero-order chi connectivity index (χ0) is 26.7. The largest absolute Gasteiger partial charge is 1.00 e. The molecule has 0 atom stereocenters. The Morgan fingerprint density at radius 3 is 1.79 bits per heavy atom. The minimum absolute atomic E-state index is 0. The van der Waals surface area contributed by atoms with Crippen molar-refractivity contribution in [3.8, 4) is 0 Å². The van der Waals surface area contributed by atoms with Crippen LogP contribution in [0, 0.1) is 6.92 Å². The average molecular weight is 622 g/mol. The molecule has 8 heteroatoms. The zero-order valence-electron chi connectivity index (χ0n) is 22.1. The van der Waals surface area contributed by atoms with Gasteiger partial charge in [0.05, 0.1) is 18.0 Å². The van der Waals surface area contributed by atoms with Crippen molar-refractivity contribution in [1.82, 2.24) is 9.38 Å². The first-order valence-corrected chi connectivity index (χ1v) is 15.6. The summed E-state index contributed by atoms with van der Waals surface area (Å²) >= 11 is 1.22.